The molecular formula is C20H18O5. The van der Waals surface area contributed by atoms with Crippen molar-refractivity contribution < 1.29 is 24.5 Å². The summed E-state index contributed by atoms with van der Waals surface area (Å²) >= 11 is 0. The van der Waals surface area contributed by atoms with Crippen molar-refractivity contribution in [1.29, 1.82) is 0 Å². The Bertz CT molecular complexity index is 942. The van der Waals surface area contributed by atoms with Crippen LogP contribution in [0.15, 0.2) is 18.2 Å². The average Bonchev–Trinajstić information content (AvgIpc) is 2.61. The lowest BCUT2D eigenvalue weighted by Gasteiger charge is -2.28. The fourth-order valence-electron chi connectivity index (χ4n) is 3.98. The summed E-state index contributed by atoms with van der Waals surface area (Å²) in [5.74, 6) is -0.663. The molecule has 0 saturated heterocycles. The van der Waals surface area contributed by atoms with Gasteiger partial charge in [-0.2, -0.15) is 0 Å². The molecule has 2 aromatic rings. The van der Waals surface area contributed by atoms with Crippen molar-refractivity contribution in [2.45, 2.75) is 26.2 Å². The van der Waals surface area contributed by atoms with E-state index in [9.17, 15) is 19.8 Å². The minimum absolute atomic E-state index is 0.0869. The largest absolute Gasteiger partial charge is 0.507 e. The molecule has 2 aliphatic carbocycles. The summed E-state index contributed by atoms with van der Waals surface area (Å²) in [5.41, 5.74) is 1.30. The second-order valence-corrected chi connectivity index (χ2v) is 6.79. The fraction of sp³-hybridized carbons (Fsp3) is 0.300. The fourth-order valence-corrected chi connectivity index (χ4v) is 3.98. The van der Waals surface area contributed by atoms with Gasteiger partial charge in [0.15, 0.2) is 5.78 Å². The number of ketones is 2. The van der Waals surface area contributed by atoms with E-state index in [1.165, 1.54) is 7.11 Å². The van der Waals surface area contributed by atoms with Crippen molar-refractivity contribution in [1.82, 2.24) is 0 Å². The van der Waals surface area contributed by atoms with E-state index in [1.54, 1.807) is 18.2 Å². The summed E-state index contributed by atoms with van der Waals surface area (Å²) in [4.78, 5) is 26.0. The molecule has 2 aromatic carbocycles. The third-order valence-electron chi connectivity index (χ3n) is 5.27. The number of rotatable bonds is 1. The van der Waals surface area contributed by atoms with Crippen LogP contribution in [0.2, 0.25) is 0 Å². The van der Waals surface area contributed by atoms with Crippen molar-refractivity contribution in [2.75, 3.05) is 7.11 Å². The van der Waals surface area contributed by atoms with Gasteiger partial charge in [0.25, 0.3) is 0 Å². The van der Waals surface area contributed by atoms with Crippen molar-refractivity contribution in [2.24, 2.45) is 5.92 Å². The first-order chi connectivity index (χ1) is 12.0. The van der Waals surface area contributed by atoms with Gasteiger partial charge in [0, 0.05) is 16.7 Å². The molecule has 0 heterocycles. The van der Waals surface area contributed by atoms with Crippen molar-refractivity contribution in [3.05, 3.63) is 51.6 Å². The Morgan fingerprint density at radius 1 is 1.00 bits per heavy atom. The average molecular weight is 338 g/mol. The zero-order valence-electron chi connectivity index (χ0n) is 14.0. The third-order valence-corrected chi connectivity index (χ3v) is 5.27. The molecule has 1 atom stereocenters. The summed E-state index contributed by atoms with van der Waals surface area (Å²) in [5, 5.41) is 21.5. The molecule has 0 aromatic heterocycles. The van der Waals surface area contributed by atoms with Crippen LogP contribution < -0.4 is 4.74 Å². The monoisotopic (exact) mass is 338 g/mol. The molecule has 2 N–H and O–H groups in total. The normalized spacial score (nSPS) is 18.4. The molecule has 1 unspecified atom stereocenters. The Morgan fingerprint density at radius 3 is 2.40 bits per heavy atom. The van der Waals surface area contributed by atoms with Gasteiger partial charge in [-0.25, -0.2) is 0 Å². The van der Waals surface area contributed by atoms with Gasteiger partial charge >= 0.3 is 0 Å². The third kappa shape index (κ3) is 2.02. The lowest BCUT2D eigenvalue weighted by molar-refractivity contribution is 0.0971. The second kappa shape index (κ2) is 5.34. The first-order valence-corrected chi connectivity index (χ1v) is 8.31. The maximum atomic E-state index is 13.1. The quantitative estimate of drug-likeness (QED) is 0.666. The summed E-state index contributed by atoms with van der Waals surface area (Å²) < 4.78 is 5.23. The molecule has 0 aliphatic heterocycles. The molecule has 4 rings (SSSR count). The van der Waals surface area contributed by atoms with Crippen LogP contribution in [-0.4, -0.2) is 28.9 Å². The number of hydrogen-bond donors (Lipinski definition) is 2. The number of fused-ring (bicyclic) bond motifs is 3. The van der Waals surface area contributed by atoms with Crippen LogP contribution in [0, 0.1) is 5.92 Å². The Balaban J connectivity index is 2.05. The Hall–Kier alpha value is -2.82. The van der Waals surface area contributed by atoms with Gasteiger partial charge in [-0.15, -0.1) is 0 Å². The Kier molecular flexibility index (Phi) is 3.35. The van der Waals surface area contributed by atoms with Gasteiger partial charge in [-0.3, -0.25) is 9.59 Å². The maximum Gasteiger partial charge on any atom is 0.202 e. The van der Waals surface area contributed by atoms with Crippen LogP contribution in [0.4, 0.5) is 0 Å². The van der Waals surface area contributed by atoms with Gasteiger partial charge in [-0.05, 0) is 31.2 Å². The number of methoxy groups -OCH3 is 1. The van der Waals surface area contributed by atoms with Crippen LogP contribution in [0.25, 0.3) is 0 Å². The van der Waals surface area contributed by atoms with Crippen molar-refractivity contribution in [3.63, 3.8) is 0 Å². The Morgan fingerprint density at radius 2 is 1.68 bits per heavy atom. The number of hydrogen-bond acceptors (Lipinski definition) is 5. The molecular weight excluding hydrogens is 320 g/mol. The van der Waals surface area contributed by atoms with E-state index in [-0.39, 0.29) is 39.5 Å². The summed E-state index contributed by atoms with van der Waals surface area (Å²) in [6, 6.07) is 4.77. The second-order valence-electron chi connectivity index (χ2n) is 6.79. The van der Waals surface area contributed by atoms with Crippen LogP contribution in [0.3, 0.4) is 0 Å². The predicted octanol–water partition coefficient (Wildman–Crippen LogP) is 3.01. The van der Waals surface area contributed by atoms with Gasteiger partial charge in [0.05, 0.1) is 23.8 Å². The summed E-state index contributed by atoms with van der Waals surface area (Å²) in [7, 11) is 1.43. The standard InChI is InChI=1S/C20H18O5/c1-9-6-7-10-12(8-9)19(23)15-16(17(10)21)20(24)14-11(18(15)22)4-3-5-13(14)25-2/h3-5,9,21,23H,6-8H2,1-2H3. The molecule has 0 spiro atoms. The zero-order valence-corrected chi connectivity index (χ0v) is 14.0. The molecule has 0 fully saturated rings. The number of carbonyl (C=O) groups excluding carboxylic acids is 2. The molecule has 2 aliphatic rings. The van der Waals surface area contributed by atoms with E-state index in [1.807, 2.05) is 0 Å². The summed E-state index contributed by atoms with van der Waals surface area (Å²) in [6.45, 7) is 2.06. The van der Waals surface area contributed by atoms with E-state index in [2.05, 4.69) is 6.92 Å². The van der Waals surface area contributed by atoms with Gasteiger partial charge < -0.3 is 14.9 Å². The molecule has 0 radical (unpaired) electrons. The Labute approximate surface area is 144 Å². The number of phenols is 2. The maximum absolute atomic E-state index is 13.1. The van der Waals surface area contributed by atoms with E-state index in [4.69, 9.17) is 4.74 Å². The number of carbonyl (C=O) groups is 2. The first-order valence-electron chi connectivity index (χ1n) is 8.31. The van der Waals surface area contributed by atoms with Crippen molar-refractivity contribution >= 4 is 11.6 Å². The SMILES string of the molecule is COc1cccc2c1C(=O)c1c(O)c3c(c(O)c1C2=O)CC(C)CC3. The highest BCUT2D eigenvalue weighted by molar-refractivity contribution is 6.31. The number of aromatic hydroxyl groups is 2. The predicted molar refractivity (Wildman–Crippen MR) is 90.8 cm³/mol. The topological polar surface area (TPSA) is 83.8 Å². The molecule has 5 nitrogen and oxygen atoms in total. The van der Waals surface area contributed by atoms with E-state index in [0.717, 1.165) is 6.42 Å². The van der Waals surface area contributed by atoms with Crippen LogP contribution in [0.1, 0.15) is 56.3 Å². The van der Waals surface area contributed by atoms with Gasteiger partial charge in [0.2, 0.25) is 5.78 Å². The van der Waals surface area contributed by atoms with Crippen LogP contribution >= 0.6 is 0 Å². The smallest absolute Gasteiger partial charge is 0.202 e. The molecule has 0 bridgehead atoms. The van der Waals surface area contributed by atoms with Crippen LogP contribution in [0.5, 0.6) is 17.2 Å². The number of benzene rings is 2. The highest BCUT2D eigenvalue weighted by atomic mass is 16.5. The van der Waals surface area contributed by atoms with Gasteiger partial charge in [-0.1, -0.05) is 19.1 Å². The molecule has 25 heavy (non-hydrogen) atoms. The molecule has 0 amide bonds. The van der Waals surface area contributed by atoms with E-state index in [0.29, 0.717) is 29.9 Å². The highest BCUT2D eigenvalue weighted by Crippen LogP contribution is 2.47. The molecule has 128 valence electrons. The first kappa shape index (κ1) is 15.7. The lowest BCUT2D eigenvalue weighted by atomic mass is 9.76. The minimum Gasteiger partial charge on any atom is -0.507 e. The van der Waals surface area contributed by atoms with Crippen molar-refractivity contribution in [3.8, 4) is 17.2 Å². The highest BCUT2D eigenvalue weighted by Gasteiger charge is 2.39. The van der Waals surface area contributed by atoms with E-state index >= 15 is 0 Å². The lowest BCUT2D eigenvalue weighted by Crippen LogP contribution is -2.24. The number of phenolic OH excluding ortho intramolecular Hbond substituents is 2. The van der Waals surface area contributed by atoms with Crippen LogP contribution in [-0.2, 0) is 12.8 Å². The molecule has 5 heteroatoms. The molecule has 0 saturated carbocycles. The number of ether oxygens (including phenoxy) is 1. The van der Waals surface area contributed by atoms with E-state index < -0.39 is 11.6 Å². The summed E-state index contributed by atoms with van der Waals surface area (Å²) in [6.07, 6.45) is 2.01. The minimum atomic E-state index is -0.490. The van der Waals surface area contributed by atoms with Gasteiger partial charge in [0.1, 0.15) is 17.2 Å². The zero-order chi connectivity index (χ0) is 17.9.